The largest absolute Gasteiger partial charge is 0.385 e. The van der Waals surface area contributed by atoms with Gasteiger partial charge in [-0.15, -0.1) is 11.3 Å². The second-order valence-electron chi connectivity index (χ2n) is 5.29. The molecule has 3 rings (SSSR count). The van der Waals surface area contributed by atoms with E-state index < -0.39 is 12.1 Å². The van der Waals surface area contributed by atoms with E-state index in [-0.39, 0.29) is 24.1 Å². The molecular formula is C16H16FNO2S. The number of rotatable bonds is 3. The summed E-state index contributed by atoms with van der Waals surface area (Å²) in [5.41, 5.74) is 0.496. The molecule has 1 aliphatic heterocycles. The normalized spacial score (nSPS) is 23.6. The van der Waals surface area contributed by atoms with E-state index >= 15 is 0 Å². The molecule has 1 fully saturated rings. The Balaban J connectivity index is 1.99. The number of benzene rings is 1. The van der Waals surface area contributed by atoms with Crippen LogP contribution in [-0.2, 0) is 4.79 Å². The Morgan fingerprint density at radius 2 is 2.10 bits per heavy atom. The summed E-state index contributed by atoms with van der Waals surface area (Å²) in [6, 6.07) is 9.74. The van der Waals surface area contributed by atoms with Crippen LogP contribution in [0.5, 0.6) is 0 Å². The van der Waals surface area contributed by atoms with Gasteiger partial charge in [0.1, 0.15) is 11.9 Å². The van der Waals surface area contributed by atoms with Crippen LogP contribution in [0.3, 0.4) is 0 Å². The molecule has 1 aliphatic rings. The SMILES string of the molecule is CN1C(=O)C[C@H](c2ccccc2F)[C@@H]1[C@H](O)c1cccs1. The topological polar surface area (TPSA) is 40.5 Å². The molecule has 2 heterocycles. The fourth-order valence-corrected chi connectivity index (χ4v) is 3.77. The maximum absolute atomic E-state index is 14.1. The van der Waals surface area contributed by atoms with E-state index in [0.29, 0.717) is 5.56 Å². The number of aliphatic hydroxyl groups excluding tert-OH is 1. The summed E-state index contributed by atoms with van der Waals surface area (Å²) in [6.07, 6.45) is -0.573. The first-order chi connectivity index (χ1) is 10.1. The molecule has 0 saturated carbocycles. The third-order valence-corrected chi connectivity index (χ3v) is 5.05. The van der Waals surface area contributed by atoms with Gasteiger partial charge in [-0.2, -0.15) is 0 Å². The van der Waals surface area contributed by atoms with Crippen LogP contribution < -0.4 is 0 Å². The molecular weight excluding hydrogens is 289 g/mol. The predicted molar refractivity (Wildman–Crippen MR) is 79.6 cm³/mol. The standard InChI is InChI=1S/C16H16FNO2S/c1-18-14(19)9-11(10-5-2-3-6-12(10)17)15(18)16(20)13-7-4-8-21-13/h2-8,11,15-16,20H,9H2,1H3/t11-,15-,16-/m1/s1. The number of likely N-dealkylation sites (N-methyl/N-ethyl adjacent to an activating group) is 1. The van der Waals surface area contributed by atoms with Crippen LogP contribution in [-0.4, -0.2) is 29.0 Å². The van der Waals surface area contributed by atoms with Crippen LogP contribution >= 0.6 is 11.3 Å². The molecule has 1 amide bonds. The number of amides is 1. The quantitative estimate of drug-likeness (QED) is 0.947. The van der Waals surface area contributed by atoms with Gasteiger partial charge in [0.05, 0.1) is 6.04 Å². The molecule has 110 valence electrons. The number of nitrogens with zero attached hydrogens (tertiary/aromatic N) is 1. The van der Waals surface area contributed by atoms with Crippen molar-refractivity contribution in [3.63, 3.8) is 0 Å². The molecule has 1 N–H and O–H groups in total. The van der Waals surface area contributed by atoms with Crippen molar-refractivity contribution in [2.45, 2.75) is 24.5 Å². The smallest absolute Gasteiger partial charge is 0.223 e. The van der Waals surface area contributed by atoms with Crippen molar-refractivity contribution in [3.05, 3.63) is 58.0 Å². The van der Waals surface area contributed by atoms with Gasteiger partial charge >= 0.3 is 0 Å². The Labute approximate surface area is 126 Å². The lowest BCUT2D eigenvalue weighted by Gasteiger charge is -2.29. The molecule has 3 atom stereocenters. The lowest BCUT2D eigenvalue weighted by molar-refractivity contribution is -0.128. The van der Waals surface area contributed by atoms with Crippen molar-refractivity contribution >= 4 is 17.2 Å². The predicted octanol–water partition coefficient (Wildman–Crippen LogP) is 2.94. The first-order valence-electron chi connectivity index (χ1n) is 6.81. The van der Waals surface area contributed by atoms with Crippen LogP contribution in [0.2, 0.25) is 0 Å². The average molecular weight is 305 g/mol. The molecule has 1 aromatic heterocycles. The van der Waals surface area contributed by atoms with Crippen molar-refractivity contribution in [3.8, 4) is 0 Å². The van der Waals surface area contributed by atoms with E-state index in [1.54, 1.807) is 30.1 Å². The number of hydrogen-bond acceptors (Lipinski definition) is 3. The van der Waals surface area contributed by atoms with Crippen molar-refractivity contribution in [1.29, 1.82) is 0 Å². The molecule has 0 spiro atoms. The van der Waals surface area contributed by atoms with Gasteiger partial charge in [0.15, 0.2) is 0 Å². The highest BCUT2D eigenvalue weighted by molar-refractivity contribution is 7.10. The fourth-order valence-electron chi connectivity index (χ4n) is 3.02. The fraction of sp³-hybridized carbons (Fsp3) is 0.312. The zero-order valence-electron chi connectivity index (χ0n) is 11.6. The van der Waals surface area contributed by atoms with Crippen molar-refractivity contribution < 1.29 is 14.3 Å². The van der Waals surface area contributed by atoms with Gasteiger partial charge in [-0.3, -0.25) is 4.79 Å². The van der Waals surface area contributed by atoms with Crippen LogP contribution in [0.1, 0.15) is 28.9 Å². The van der Waals surface area contributed by atoms with Crippen molar-refractivity contribution in [2.75, 3.05) is 7.05 Å². The zero-order valence-corrected chi connectivity index (χ0v) is 12.4. The Morgan fingerprint density at radius 1 is 1.33 bits per heavy atom. The second-order valence-corrected chi connectivity index (χ2v) is 6.27. The third-order valence-electron chi connectivity index (χ3n) is 4.11. The molecule has 3 nitrogen and oxygen atoms in total. The molecule has 21 heavy (non-hydrogen) atoms. The summed E-state index contributed by atoms with van der Waals surface area (Å²) in [5.74, 6) is -0.723. The second kappa shape index (κ2) is 5.58. The summed E-state index contributed by atoms with van der Waals surface area (Å²) in [4.78, 5) is 14.4. The molecule has 0 aliphatic carbocycles. The van der Waals surface area contributed by atoms with Crippen LogP contribution in [0.4, 0.5) is 4.39 Å². The summed E-state index contributed by atoms with van der Waals surface area (Å²) in [5, 5.41) is 12.5. The lowest BCUT2D eigenvalue weighted by Crippen LogP contribution is -2.36. The number of carbonyl (C=O) groups is 1. The molecule has 0 radical (unpaired) electrons. The number of thiophene rings is 1. The maximum atomic E-state index is 14.1. The number of likely N-dealkylation sites (tertiary alicyclic amines) is 1. The lowest BCUT2D eigenvalue weighted by atomic mass is 9.88. The molecule has 1 aromatic carbocycles. The van der Waals surface area contributed by atoms with Crippen LogP contribution in [0.15, 0.2) is 41.8 Å². The van der Waals surface area contributed by atoms with E-state index in [9.17, 15) is 14.3 Å². The number of halogens is 1. The summed E-state index contributed by atoms with van der Waals surface area (Å²) < 4.78 is 14.1. The van der Waals surface area contributed by atoms with Gasteiger partial charge < -0.3 is 10.0 Å². The number of carbonyl (C=O) groups excluding carboxylic acids is 1. The summed E-state index contributed by atoms with van der Waals surface area (Å²) >= 11 is 1.44. The number of aliphatic hydroxyl groups is 1. The van der Waals surface area contributed by atoms with Gasteiger partial charge in [0, 0.05) is 24.3 Å². The van der Waals surface area contributed by atoms with Gasteiger partial charge in [0.2, 0.25) is 5.91 Å². The molecule has 5 heteroatoms. The van der Waals surface area contributed by atoms with Crippen molar-refractivity contribution in [1.82, 2.24) is 4.90 Å². The third kappa shape index (κ3) is 2.47. The minimum absolute atomic E-state index is 0.0659. The van der Waals surface area contributed by atoms with E-state index in [0.717, 1.165) is 4.88 Å². The van der Waals surface area contributed by atoms with E-state index in [4.69, 9.17) is 0 Å². The highest BCUT2D eigenvalue weighted by atomic mass is 32.1. The Kier molecular flexibility index (Phi) is 3.78. The highest BCUT2D eigenvalue weighted by Crippen LogP contribution is 2.41. The van der Waals surface area contributed by atoms with Crippen LogP contribution in [0, 0.1) is 5.82 Å². The Morgan fingerprint density at radius 3 is 2.76 bits per heavy atom. The molecule has 1 saturated heterocycles. The highest BCUT2D eigenvalue weighted by Gasteiger charge is 2.44. The monoisotopic (exact) mass is 305 g/mol. The summed E-state index contributed by atoms with van der Waals surface area (Å²) in [6.45, 7) is 0. The van der Waals surface area contributed by atoms with E-state index in [1.807, 2.05) is 17.5 Å². The zero-order chi connectivity index (χ0) is 15.0. The van der Waals surface area contributed by atoms with Gasteiger partial charge in [-0.05, 0) is 23.1 Å². The minimum Gasteiger partial charge on any atom is -0.385 e. The van der Waals surface area contributed by atoms with Crippen LogP contribution in [0.25, 0.3) is 0 Å². The first kappa shape index (κ1) is 14.2. The average Bonchev–Trinajstić information content (AvgIpc) is 3.09. The first-order valence-corrected chi connectivity index (χ1v) is 7.69. The van der Waals surface area contributed by atoms with Gasteiger partial charge in [-0.25, -0.2) is 4.39 Å². The van der Waals surface area contributed by atoms with Crippen molar-refractivity contribution in [2.24, 2.45) is 0 Å². The maximum Gasteiger partial charge on any atom is 0.223 e. The molecule has 0 unspecified atom stereocenters. The minimum atomic E-state index is -0.800. The molecule has 0 bridgehead atoms. The molecule has 2 aromatic rings. The Hall–Kier alpha value is -1.72. The van der Waals surface area contributed by atoms with Gasteiger partial charge in [-0.1, -0.05) is 24.3 Å². The number of hydrogen-bond donors (Lipinski definition) is 1. The summed E-state index contributed by atoms with van der Waals surface area (Å²) in [7, 11) is 1.67. The van der Waals surface area contributed by atoms with E-state index in [2.05, 4.69) is 0 Å². The Bertz CT molecular complexity index is 643. The van der Waals surface area contributed by atoms with E-state index in [1.165, 1.54) is 17.4 Å². The van der Waals surface area contributed by atoms with Gasteiger partial charge in [0.25, 0.3) is 0 Å².